The lowest BCUT2D eigenvalue weighted by molar-refractivity contribution is 0.112. The van der Waals surface area contributed by atoms with E-state index in [1.165, 1.54) is 5.56 Å². The Balaban J connectivity index is 2.75. The molecule has 1 nitrogen and oxygen atoms in total. The first-order valence-electron chi connectivity index (χ1n) is 3.97. The first kappa shape index (κ1) is 9.71. The van der Waals surface area contributed by atoms with Gasteiger partial charge in [-0.05, 0) is 22.8 Å². The standard InChI is InChI=1S/C10H11IO/c11-7-3-6-9-4-1-2-5-10(9)8-12/h1-2,4-5,8H,3,6-7H2. The van der Waals surface area contributed by atoms with E-state index in [2.05, 4.69) is 22.6 Å². The maximum atomic E-state index is 10.6. The number of aryl methyl sites for hydroxylation is 1. The van der Waals surface area contributed by atoms with Crippen molar-refractivity contribution in [2.24, 2.45) is 0 Å². The van der Waals surface area contributed by atoms with Crippen LogP contribution < -0.4 is 0 Å². The van der Waals surface area contributed by atoms with Gasteiger partial charge in [-0.1, -0.05) is 46.9 Å². The lowest BCUT2D eigenvalue weighted by atomic mass is 10.0. The SMILES string of the molecule is O=Cc1ccccc1CCCI. The highest BCUT2D eigenvalue weighted by molar-refractivity contribution is 14.1. The van der Waals surface area contributed by atoms with Gasteiger partial charge in [0.2, 0.25) is 0 Å². The normalized spacial score (nSPS) is 9.75. The van der Waals surface area contributed by atoms with Crippen LogP contribution in [0.5, 0.6) is 0 Å². The van der Waals surface area contributed by atoms with Gasteiger partial charge in [0.05, 0.1) is 0 Å². The summed E-state index contributed by atoms with van der Waals surface area (Å²) in [7, 11) is 0. The molecular weight excluding hydrogens is 263 g/mol. The third kappa shape index (κ3) is 2.59. The second kappa shape index (κ2) is 5.30. The summed E-state index contributed by atoms with van der Waals surface area (Å²) in [6.07, 6.45) is 3.09. The predicted molar refractivity (Wildman–Crippen MR) is 59.0 cm³/mol. The first-order chi connectivity index (χ1) is 5.88. The number of benzene rings is 1. The van der Waals surface area contributed by atoms with Crippen LogP contribution in [0.2, 0.25) is 0 Å². The molecule has 0 N–H and O–H groups in total. The third-order valence-corrected chi connectivity index (χ3v) is 2.52. The molecule has 0 bridgehead atoms. The number of hydrogen-bond acceptors (Lipinski definition) is 1. The summed E-state index contributed by atoms with van der Waals surface area (Å²) in [6, 6.07) is 7.78. The van der Waals surface area contributed by atoms with E-state index in [0.29, 0.717) is 0 Å². The van der Waals surface area contributed by atoms with Crippen molar-refractivity contribution in [3.05, 3.63) is 35.4 Å². The lowest BCUT2D eigenvalue weighted by Gasteiger charge is -2.01. The number of alkyl halides is 1. The molecule has 0 amide bonds. The third-order valence-electron chi connectivity index (χ3n) is 1.76. The van der Waals surface area contributed by atoms with Crippen LogP contribution >= 0.6 is 22.6 Å². The molecule has 1 aromatic carbocycles. The zero-order valence-corrected chi connectivity index (χ0v) is 8.95. The minimum absolute atomic E-state index is 0.836. The molecule has 0 atom stereocenters. The van der Waals surface area contributed by atoms with Crippen molar-refractivity contribution in [2.75, 3.05) is 4.43 Å². The number of halogens is 1. The monoisotopic (exact) mass is 274 g/mol. The van der Waals surface area contributed by atoms with E-state index in [4.69, 9.17) is 0 Å². The molecule has 0 radical (unpaired) electrons. The Labute approximate surface area is 86.3 Å². The maximum absolute atomic E-state index is 10.6. The second-order valence-electron chi connectivity index (χ2n) is 2.61. The van der Waals surface area contributed by atoms with E-state index in [1.54, 1.807) is 0 Å². The Morgan fingerprint density at radius 3 is 2.75 bits per heavy atom. The van der Waals surface area contributed by atoms with Crippen molar-refractivity contribution in [1.82, 2.24) is 0 Å². The maximum Gasteiger partial charge on any atom is 0.150 e. The molecule has 64 valence electrons. The highest BCUT2D eigenvalue weighted by atomic mass is 127. The van der Waals surface area contributed by atoms with Gasteiger partial charge >= 0.3 is 0 Å². The summed E-state index contributed by atoms with van der Waals surface area (Å²) in [5.41, 5.74) is 2.01. The first-order valence-corrected chi connectivity index (χ1v) is 5.50. The molecule has 0 saturated carbocycles. The van der Waals surface area contributed by atoms with Gasteiger partial charge in [-0.25, -0.2) is 0 Å². The van der Waals surface area contributed by atoms with Crippen molar-refractivity contribution in [1.29, 1.82) is 0 Å². The van der Waals surface area contributed by atoms with Gasteiger partial charge in [0.1, 0.15) is 6.29 Å². The molecule has 1 rings (SSSR count). The van der Waals surface area contributed by atoms with Gasteiger partial charge in [0.15, 0.2) is 0 Å². The fourth-order valence-electron chi connectivity index (χ4n) is 1.13. The van der Waals surface area contributed by atoms with E-state index in [-0.39, 0.29) is 0 Å². The fraction of sp³-hybridized carbons (Fsp3) is 0.300. The van der Waals surface area contributed by atoms with Crippen LogP contribution in [0.1, 0.15) is 22.3 Å². The molecule has 0 aliphatic carbocycles. The van der Waals surface area contributed by atoms with E-state index in [9.17, 15) is 4.79 Å². The minimum atomic E-state index is 0.836. The fourth-order valence-corrected chi connectivity index (χ4v) is 1.52. The van der Waals surface area contributed by atoms with E-state index in [0.717, 1.165) is 29.1 Å². The average molecular weight is 274 g/mol. The zero-order valence-electron chi connectivity index (χ0n) is 6.79. The molecule has 0 unspecified atom stereocenters. The van der Waals surface area contributed by atoms with Crippen LogP contribution in [0.3, 0.4) is 0 Å². The summed E-state index contributed by atoms with van der Waals surface area (Å²) in [4.78, 5) is 10.6. The van der Waals surface area contributed by atoms with Crippen LogP contribution in [0.25, 0.3) is 0 Å². The number of aldehydes is 1. The summed E-state index contributed by atoms with van der Waals surface area (Å²) in [5, 5.41) is 0. The molecule has 0 heterocycles. The average Bonchev–Trinajstić information content (AvgIpc) is 2.15. The van der Waals surface area contributed by atoms with Gasteiger partial charge in [-0.2, -0.15) is 0 Å². The zero-order chi connectivity index (χ0) is 8.81. The van der Waals surface area contributed by atoms with Crippen LogP contribution in [-0.4, -0.2) is 10.7 Å². The van der Waals surface area contributed by atoms with E-state index >= 15 is 0 Å². The topological polar surface area (TPSA) is 17.1 Å². The molecule has 0 aromatic heterocycles. The number of carbonyl (C=O) groups excluding carboxylic acids is 1. The molecule has 0 fully saturated rings. The minimum Gasteiger partial charge on any atom is -0.298 e. The second-order valence-corrected chi connectivity index (χ2v) is 3.69. The largest absolute Gasteiger partial charge is 0.298 e. The van der Waals surface area contributed by atoms with Crippen molar-refractivity contribution in [3.8, 4) is 0 Å². The predicted octanol–water partition coefficient (Wildman–Crippen LogP) is 2.87. The number of rotatable bonds is 4. The summed E-state index contributed by atoms with van der Waals surface area (Å²) >= 11 is 2.35. The van der Waals surface area contributed by atoms with Gasteiger partial charge in [0.25, 0.3) is 0 Å². The number of hydrogen-bond donors (Lipinski definition) is 0. The highest BCUT2D eigenvalue weighted by Crippen LogP contribution is 2.09. The van der Waals surface area contributed by atoms with E-state index < -0.39 is 0 Å². The number of carbonyl (C=O) groups is 1. The molecule has 0 spiro atoms. The Kier molecular flexibility index (Phi) is 4.29. The van der Waals surface area contributed by atoms with Gasteiger partial charge in [-0.3, -0.25) is 4.79 Å². The Morgan fingerprint density at radius 1 is 1.33 bits per heavy atom. The Bertz CT molecular complexity index is 258. The quantitative estimate of drug-likeness (QED) is 0.469. The summed E-state index contributed by atoms with van der Waals surface area (Å²) in [6.45, 7) is 0. The van der Waals surface area contributed by atoms with Crippen molar-refractivity contribution < 1.29 is 4.79 Å². The van der Waals surface area contributed by atoms with Crippen LogP contribution in [-0.2, 0) is 6.42 Å². The van der Waals surface area contributed by atoms with Gasteiger partial charge in [0, 0.05) is 5.56 Å². The summed E-state index contributed by atoms with van der Waals surface area (Å²) < 4.78 is 1.14. The van der Waals surface area contributed by atoms with Gasteiger partial charge in [-0.15, -0.1) is 0 Å². The smallest absolute Gasteiger partial charge is 0.150 e. The molecule has 2 heteroatoms. The molecule has 12 heavy (non-hydrogen) atoms. The van der Waals surface area contributed by atoms with Crippen molar-refractivity contribution in [3.63, 3.8) is 0 Å². The molecule has 0 saturated heterocycles. The molecule has 0 aliphatic rings. The van der Waals surface area contributed by atoms with Crippen LogP contribution in [0.15, 0.2) is 24.3 Å². The van der Waals surface area contributed by atoms with Crippen LogP contribution in [0.4, 0.5) is 0 Å². The van der Waals surface area contributed by atoms with Gasteiger partial charge < -0.3 is 0 Å². The van der Waals surface area contributed by atoms with Crippen LogP contribution in [0, 0.1) is 0 Å². The lowest BCUT2D eigenvalue weighted by Crippen LogP contribution is -1.92. The highest BCUT2D eigenvalue weighted by Gasteiger charge is 1.98. The van der Waals surface area contributed by atoms with Crippen molar-refractivity contribution in [2.45, 2.75) is 12.8 Å². The van der Waals surface area contributed by atoms with E-state index in [1.807, 2.05) is 24.3 Å². The Morgan fingerprint density at radius 2 is 2.08 bits per heavy atom. The molecule has 1 aromatic rings. The molecular formula is C10H11IO. The van der Waals surface area contributed by atoms with Crippen molar-refractivity contribution >= 4 is 28.9 Å². The Hall–Kier alpha value is -0.380. The summed E-state index contributed by atoms with van der Waals surface area (Å²) in [5.74, 6) is 0. The molecule has 0 aliphatic heterocycles.